The normalized spacial score (nSPS) is 24.1. The van der Waals surface area contributed by atoms with Crippen LogP contribution in [0.25, 0.3) is 0 Å². The Bertz CT molecular complexity index is 1710. The van der Waals surface area contributed by atoms with Gasteiger partial charge in [0, 0.05) is 18.5 Å². The maximum absolute atomic E-state index is 13.4. The summed E-state index contributed by atoms with van der Waals surface area (Å²) in [6.07, 6.45) is -0.478. The van der Waals surface area contributed by atoms with Gasteiger partial charge in [-0.3, -0.25) is 19.3 Å². The number of benzene rings is 3. The third kappa shape index (κ3) is 9.01. The van der Waals surface area contributed by atoms with Crippen LogP contribution >= 0.6 is 0 Å². The molecule has 12 heteroatoms. The van der Waals surface area contributed by atoms with Crippen LogP contribution in [0.15, 0.2) is 78.9 Å². The van der Waals surface area contributed by atoms with Crippen molar-refractivity contribution in [1.82, 2.24) is 10.2 Å². The molecule has 270 valence electrons. The summed E-state index contributed by atoms with van der Waals surface area (Å²) in [7, 11) is 0. The average Bonchev–Trinajstić information content (AvgIpc) is 3.69. The van der Waals surface area contributed by atoms with E-state index in [1.807, 2.05) is 81.4 Å². The zero-order valence-corrected chi connectivity index (χ0v) is 29.2. The second-order valence-electron chi connectivity index (χ2n) is 14.2. The predicted molar refractivity (Wildman–Crippen MR) is 186 cm³/mol. The largest absolute Gasteiger partial charge is 0.459 e. The lowest BCUT2D eigenvalue weighted by molar-refractivity contribution is -0.253. The second-order valence-corrected chi connectivity index (χ2v) is 14.2. The number of likely N-dealkylation sites (tertiary alicyclic amines) is 1. The minimum Gasteiger partial charge on any atom is -0.459 e. The highest BCUT2D eigenvalue weighted by Gasteiger charge is 2.42. The van der Waals surface area contributed by atoms with E-state index in [1.165, 1.54) is 0 Å². The van der Waals surface area contributed by atoms with E-state index in [4.69, 9.17) is 18.9 Å². The lowest BCUT2D eigenvalue weighted by atomic mass is 9.99. The first-order chi connectivity index (χ1) is 24.5. The molecule has 2 N–H and O–H groups in total. The summed E-state index contributed by atoms with van der Waals surface area (Å²) in [5.74, 6) is -1.27. The van der Waals surface area contributed by atoms with Crippen molar-refractivity contribution >= 4 is 29.6 Å². The first-order valence-corrected chi connectivity index (χ1v) is 17.4. The van der Waals surface area contributed by atoms with Crippen LogP contribution in [0.5, 0.6) is 0 Å². The summed E-state index contributed by atoms with van der Waals surface area (Å²) in [5, 5.41) is 12.1. The third-order valence-corrected chi connectivity index (χ3v) is 9.15. The number of aliphatic hydroxyl groups is 1. The number of nitrogens with zero attached hydrogens (tertiary/aromatic N) is 2. The van der Waals surface area contributed by atoms with Gasteiger partial charge in [-0.1, -0.05) is 66.7 Å². The molecule has 0 spiro atoms. The molecule has 3 fully saturated rings. The van der Waals surface area contributed by atoms with E-state index in [0.29, 0.717) is 30.6 Å². The molecule has 0 aromatic heterocycles. The molecule has 5 atom stereocenters. The Kier molecular flexibility index (Phi) is 11.2. The molecule has 3 heterocycles. The molecule has 3 aliphatic rings. The molecule has 1 unspecified atom stereocenters. The number of nitrogens with one attached hydrogen (secondary N) is 1. The van der Waals surface area contributed by atoms with Gasteiger partial charge in [0.25, 0.3) is 5.91 Å². The maximum Gasteiger partial charge on any atom is 0.408 e. The van der Waals surface area contributed by atoms with Crippen LogP contribution in [0.1, 0.15) is 81.1 Å². The number of hydrogen-bond donors (Lipinski definition) is 2. The van der Waals surface area contributed by atoms with Crippen LogP contribution < -0.4 is 10.2 Å². The fraction of sp³-hybridized carbons (Fsp3) is 0.436. The van der Waals surface area contributed by atoms with Gasteiger partial charge in [0.1, 0.15) is 24.3 Å². The van der Waals surface area contributed by atoms with Crippen LogP contribution in [0, 0.1) is 0 Å². The van der Waals surface area contributed by atoms with Crippen molar-refractivity contribution < 1.29 is 43.2 Å². The molecular formula is C39H45N3O9. The lowest BCUT2D eigenvalue weighted by Gasteiger charge is -2.39. The third-order valence-electron chi connectivity index (χ3n) is 9.15. The Balaban J connectivity index is 1.18. The van der Waals surface area contributed by atoms with E-state index in [9.17, 15) is 24.3 Å². The number of carbonyl (C=O) groups excluding carboxylic acids is 4. The highest BCUT2D eigenvalue weighted by Crippen LogP contribution is 2.40. The number of anilines is 1. The molecule has 0 radical (unpaired) electrons. The summed E-state index contributed by atoms with van der Waals surface area (Å²) in [6, 6.07) is 22.1. The standard InChI is InChI=1S/C39H45N3O9/c1-39(2,3)51-36(46)32-13-8-18-41(32)22-30-20-33(27-16-14-25(23-43)15-17-27)50-37(49-30)28-11-7-12-29(19-28)42-34(44)21-31(35(42)45)40-38(47)48-24-26-9-5-4-6-10-26/h4-7,9-12,14-17,19,30-33,37,43H,8,13,18,20-24H2,1-3H3,(H,40,47)/t30-,31?,32+,33+,37+/m1/s1. The zero-order chi connectivity index (χ0) is 36.1. The van der Waals surface area contributed by atoms with Crippen LogP contribution in [-0.4, -0.2) is 70.8 Å². The van der Waals surface area contributed by atoms with Crippen molar-refractivity contribution in [2.24, 2.45) is 0 Å². The average molecular weight is 700 g/mol. The topological polar surface area (TPSA) is 144 Å². The van der Waals surface area contributed by atoms with Gasteiger partial charge in [0.05, 0.1) is 30.9 Å². The van der Waals surface area contributed by atoms with E-state index in [0.717, 1.165) is 34.6 Å². The molecule has 3 aromatic carbocycles. The summed E-state index contributed by atoms with van der Waals surface area (Å²) < 4.78 is 24.1. The van der Waals surface area contributed by atoms with Crippen molar-refractivity contribution in [2.45, 2.75) is 95.9 Å². The molecule has 0 aliphatic carbocycles. The SMILES string of the molecule is CC(C)(C)OC(=O)[C@@H]1CCCN1C[C@H]1C[C@@H](c2ccc(CO)cc2)O[C@@H](c2cccc(N3C(=O)CC(NC(=O)OCc4ccccc4)C3=O)c2)O1. The molecule has 51 heavy (non-hydrogen) atoms. The lowest BCUT2D eigenvalue weighted by Crippen LogP contribution is -2.45. The van der Waals surface area contributed by atoms with Crippen molar-refractivity contribution in [3.63, 3.8) is 0 Å². The van der Waals surface area contributed by atoms with Crippen molar-refractivity contribution in [3.05, 3.63) is 101 Å². The molecule has 0 saturated carbocycles. The van der Waals surface area contributed by atoms with E-state index in [-0.39, 0.29) is 43.9 Å². The fourth-order valence-corrected chi connectivity index (χ4v) is 6.71. The minimum absolute atomic E-state index is 0.0294. The second kappa shape index (κ2) is 15.7. The smallest absolute Gasteiger partial charge is 0.408 e. The number of hydrogen-bond acceptors (Lipinski definition) is 10. The summed E-state index contributed by atoms with van der Waals surface area (Å²) >= 11 is 0. The van der Waals surface area contributed by atoms with Crippen LogP contribution in [0.3, 0.4) is 0 Å². The zero-order valence-electron chi connectivity index (χ0n) is 29.2. The highest BCUT2D eigenvalue weighted by molar-refractivity contribution is 6.22. The number of aliphatic hydroxyl groups excluding tert-OH is 1. The maximum atomic E-state index is 13.4. The van der Waals surface area contributed by atoms with E-state index in [2.05, 4.69) is 10.2 Å². The van der Waals surface area contributed by atoms with E-state index >= 15 is 0 Å². The molecule has 3 aromatic rings. The Hall–Kier alpha value is -4.62. The van der Waals surface area contributed by atoms with Crippen molar-refractivity contribution in [3.8, 4) is 0 Å². The van der Waals surface area contributed by atoms with Gasteiger partial charge in [-0.25, -0.2) is 9.69 Å². The van der Waals surface area contributed by atoms with Gasteiger partial charge in [-0.2, -0.15) is 0 Å². The van der Waals surface area contributed by atoms with Gasteiger partial charge in [0.15, 0.2) is 6.29 Å². The molecule has 3 saturated heterocycles. The van der Waals surface area contributed by atoms with Crippen LogP contribution in [0.2, 0.25) is 0 Å². The fourth-order valence-electron chi connectivity index (χ4n) is 6.71. The number of alkyl carbamates (subject to hydrolysis) is 1. The predicted octanol–water partition coefficient (Wildman–Crippen LogP) is 5.09. The van der Waals surface area contributed by atoms with Gasteiger partial charge < -0.3 is 29.4 Å². The van der Waals surface area contributed by atoms with Crippen molar-refractivity contribution in [2.75, 3.05) is 18.0 Å². The Morgan fingerprint density at radius 1 is 0.941 bits per heavy atom. The number of esters is 1. The van der Waals surface area contributed by atoms with E-state index in [1.54, 1.807) is 18.2 Å². The quantitative estimate of drug-likeness (QED) is 0.217. The van der Waals surface area contributed by atoms with E-state index < -0.39 is 35.8 Å². The molecule has 0 bridgehead atoms. The number of imide groups is 1. The number of amides is 3. The van der Waals surface area contributed by atoms with Gasteiger partial charge in [0.2, 0.25) is 5.91 Å². The highest BCUT2D eigenvalue weighted by atomic mass is 16.7. The molecular weight excluding hydrogens is 654 g/mol. The Morgan fingerprint density at radius 3 is 2.43 bits per heavy atom. The van der Waals surface area contributed by atoms with Crippen LogP contribution in [0.4, 0.5) is 10.5 Å². The summed E-state index contributed by atoms with van der Waals surface area (Å²) in [5.41, 5.74) is 2.81. The monoisotopic (exact) mass is 699 g/mol. The van der Waals surface area contributed by atoms with Gasteiger partial charge in [-0.15, -0.1) is 0 Å². The first kappa shape index (κ1) is 36.2. The summed E-state index contributed by atoms with van der Waals surface area (Å²) in [4.78, 5) is 55.3. The summed E-state index contributed by atoms with van der Waals surface area (Å²) in [6.45, 7) is 6.74. The first-order valence-electron chi connectivity index (χ1n) is 17.4. The Morgan fingerprint density at radius 2 is 1.71 bits per heavy atom. The van der Waals surface area contributed by atoms with Crippen molar-refractivity contribution in [1.29, 1.82) is 0 Å². The number of ether oxygens (including phenoxy) is 4. The molecule has 3 aliphatic heterocycles. The molecule has 6 rings (SSSR count). The minimum atomic E-state index is -1.07. The number of carbonyl (C=O) groups is 4. The molecule has 12 nitrogen and oxygen atoms in total. The van der Waals surface area contributed by atoms with Gasteiger partial charge in [-0.05, 0) is 69.0 Å². The molecule has 3 amide bonds. The Labute approximate surface area is 297 Å². The van der Waals surface area contributed by atoms with Gasteiger partial charge >= 0.3 is 12.1 Å². The van der Waals surface area contributed by atoms with Crippen LogP contribution in [-0.2, 0) is 46.5 Å². The number of rotatable bonds is 10.